The van der Waals surface area contributed by atoms with Crippen molar-refractivity contribution in [3.63, 3.8) is 0 Å². The second-order valence-electron chi connectivity index (χ2n) is 9.07. The quantitative estimate of drug-likeness (QED) is 0.358. The van der Waals surface area contributed by atoms with Gasteiger partial charge in [0.05, 0.1) is 6.61 Å². The van der Waals surface area contributed by atoms with E-state index in [0.717, 1.165) is 62.2 Å². The molecule has 0 amide bonds. The van der Waals surface area contributed by atoms with Crippen molar-refractivity contribution in [2.24, 2.45) is 5.41 Å². The Morgan fingerprint density at radius 2 is 1.81 bits per heavy atom. The standard InChI is InChI=1S/C23H27BrCl2N4O/c1-23(4-6-29(7-5-23)12-15-8-17(25)10-18(26)9-15)14-31-20-11-21(27)30(22(24)28)13-19(20)16-2-3-16/h8-11,13,16,27-28H,2-7,12,14H2,1H3. The van der Waals surface area contributed by atoms with Gasteiger partial charge in [-0.15, -0.1) is 0 Å². The Balaban J connectivity index is 1.38. The summed E-state index contributed by atoms with van der Waals surface area (Å²) in [5.74, 6) is 1.28. The third kappa shape index (κ3) is 5.72. The van der Waals surface area contributed by atoms with Crippen LogP contribution in [0.5, 0.6) is 5.75 Å². The van der Waals surface area contributed by atoms with E-state index < -0.39 is 0 Å². The molecule has 2 fully saturated rings. The van der Waals surface area contributed by atoms with E-state index in [2.05, 4.69) is 27.8 Å². The predicted octanol–water partition coefficient (Wildman–Crippen LogP) is 6.01. The minimum Gasteiger partial charge on any atom is -0.493 e. The van der Waals surface area contributed by atoms with Crippen LogP contribution in [0.3, 0.4) is 0 Å². The van der Waals surface area contributed by atoms with E-state index in [0.29, 0.717) is 22.6 Å². The third-order valence-electron chi connectivity index (χ3n) is 6.28. The summed E-state index contributed by atoms with van der Waals surface area (Å²) in [6, 6.07) is 7.49. The fraction of sp³-hybridized carbons (Fsp3) is 0.478. The van der Waals surface area contributed by atoms with Gasteiger partial charge in [-0.3, -0.25) is 20.3 Å². The van der Waals surface area contributed by atoms with Gasteiger partial charge in [0.25, 0.3) is 0 Å². The summed E-state index contributed by atoms with van der Waals surface area (Å²) in [5.41, 5.74) is 2.60. The van der Waals surface area contributed by atoms with Crippen LogP contribution in [0, 0.1) is 16.2 Å². The first-order valence-electron chi connectivity index (χ1n) is 10.6. The zero-order valence-corrected chi connectivity index (χ0v) is 20.7. The van der Waals surface area contributed by atoms with E-state index in [4.69, 9.17) is 38.8 Å². The van der Waals surface area contributed by atoms with Crippen LogP contribution in [-0.4, -0.2) is 33.9 Å². The number of likely N-dealkylation sites (tertiary alicyclic amines) is 1. The molecule has 0 unspecified atom stereocenters. The second kappa shape index (κ2) is 9.26. The number of nitrogens with one attached hydrogen (secondary N) is 2. The average Bonchev–Trinajstić information content (AvgIpc) is 3.53. The lowest BCUT2D eigenvalue weighted by Crippen LogP contribution is -2.41. The molecule has 2 N–H and O–H groups in total. The third-order valence-corrected chi connectivity index (χ3v) is 7.10. The highest BCUT2D eigenvalue weighted by atomic mass is 79.9. The molecule has 2 heterocycles. The highest BCUT2D eigenvalue weighted by molar-refractivity contribution is 9.18. The van der Waals surface area contributed by atoms with Crippen LogP contribution in [0.2, 0.25) is 10.0 Å². The van der Waals surface area contributed by atoms with Gasteiger partial charge in [0.2, 0.25) is 0 Å². The van der Waals surface area contributed by atoms with Gasteiger partial charge >= 0.3 is 0 Å². The fourth-order valence-corrected chi connectivity index (χ4v) is 5.01. The van der Waals surface area contributed by atoms with Crippen molar-refractivity contribution in [1.29, 1.82) is 10.8 Å². The number of nitrogens with zero attached hydrogens (tertiary/aromatic N) is 2. The van der Waals surface area contributed by atoms with Crippen LogP contribution < -0.4 is 10.2 Å². The number of aromatic nitrogens is 1. The van der Waals surface area contributed by atoms with Crippen molar-refractivity contribution in [3.05, 3.63) is 57.1 Å². The average molecular weight is 526 g/mol. The van der Waals surface area contributed by atoms with Crippen molar-refractivity contribution in [3.8, 4) is 5.75 Å². The van der Waals surface area contributed by atoms with Crippen molar-refractivity contribution in [2.75, 3.05) is 19.7 Å². The first-order chi connectivity index (χ1) is 14.7. The molecule has 166 valence electrons. The molecule has 0 bridgehead atoms. The lowest BCUT2D eigenvalue weighted by atomic mass is 9.81. The molecule has 1 aromatic carbocycles. The molecular formula is C23H27BrCl2N4O. The van der Waals surface area contributed by atoms with Crippen molar-refractivity contribution in [1.82, 2.24) is 9.47 Å². The number of benzene rings is 1. The van der Waals surface area contributed by atoms with Gasteiger partial charge in [0.15, 0.2) is 4.74 Å². The summed E-state index contributed by atoms with van der Waals surface area (Å²) >= 11 is 15.5. The van der Waals surface area contributed by atoms with Crippen LogP contribution in [0.4, 0.5) is 0 Å². The monoisotopic (exact) mass is 524 g/mol. The van der Waals surface area contributed by atoms with Crippen LogP contribution in [-0.2, 0) is 6.54 Å². The summed E-state index contributed by atoms with van der Waals surface area (Å²) in [6.45, 7) is 5.77. The molecule has 1 aliphatic carbocycles. The van der Waals surface area contributed by atoms with Crippen LogP contribution in [0.15, 0.2) is 30.5 Å². The number of halogens is 3. The van der Waals surface area contributed by atoms with Crippen LogP contribution in [0.25, 0.3) is 0 Å². The summed E-state index contributed by atoms with van der Waals surface area (Å²) in [5, 5.41) is 17.4. The molecule has 1 saturated carbocycles. The first-order valence-corrected chi connectivity index (χ1v) is 12.1. The van der Waals surface area contributed by atoms with E-state index in [9.17, 15) is 0 Å². The highest BCUT2D eigenvalue weighted by Gasteiger charge is 2.33. The summed E-state index contributed by atoms with van der Waals surface area (Å²) in [7, 11) is 0. The molecule has 0 spiro atoms. The number of hydrogen-bond acceptors (Lipinski definition) is 4. The maximum absolute atomic E-state index is 8.22. The molecule has 5 nitrogen and oxygen atoms in total. The van der Waals surface area contributed by atoms with E-state index in [1.165, 1.54) is 0 Å². The second-order valence-corrected chi connectivity index (χ2v) is 10.7. The van der Waals surface area contributed by atoms with E-state index in [1.807, 2.05) is 18.3 Å². The Labute approximate surface area is 201 Å². The molecule has 2 aliphatic rings. The van der Waals surface area contributed by atoms with Crippen LogP contribution in [0.1, 0.15) is 49.7 Å². The van der Waals surface area contributed by atoms with E-state index >= 15 is 0 Å². The van der Waals surface area contributed by atoms with Crippen molar-refractivity contribution < 1.29 is 4.74 Å². The zero-order valence-electron chi connectivity index (χ0n) is 17.6. The van der Waals surface area contributed by atoms with Gasteiger partial charge in [-0.05, 0) is 84.4 Å². The number of hydrogen-bond donors (Lipinski definition) is 2. The molecule has 2 aromatic rings. The van der Waals surface area contributed by atoms with Gasteiger partial charge < -0.3 is 4.74 Å². The highest BCUT2D eigenvalue weighted by Crippen LogP contribution is 2.44. The molecule has 8 heteroatoms. The molecule has 1 saturated heterocycles. The van der Waals surface area contributed by atoms with Gasteiger partial charge in [0.1, 0.15) is 11.2 Å². The smallest absolute Gasteiger partial charge is 0.175 e. The topological polar surface area (TPSA) is 65.1 Å². The molecule has 0 radical (unpaired) electrons. The summed E-state index contributed by atoms with van der Waals surface area (Å²) in [6.07, 6.45) is 6.26. The maximum atomic E-state index is 8.22. The molecular weight excluding hydrogens is 499 g/mol. The number of rotatable bonds is 6. The Morgan fingerprint density at radius 3 is 2.39 bits per heavy atom. The Kier molecular flexibility index (Phi) is 6.82. The maximum Gasteiger partial charge on any atom is 0.175 e. The number of piperidine rings is 1. The predicted molar refractivity (Wildman–Crippen MR) is 129 cm³/mol. The minimum absolute atomic E-state index is 0.0967. The van der Waals surface area contributed by atoms with Gasteiger partial charge in [-0.2, -0.15) is 0 Å². The van der Waals surface area contributed by atoms with Gasteiger partial charge in [-0.1, -0.05) is 30.1 Å². The summed E-state index contributed by atoms with van der Waals surface area (Å²) < 4.78 is 8.03. The van der Waals surface area contributed by atoms with E-state index in [-0.39, 0.29) is 15.6 Å². The lowest BCUT2D eigenvalue weighted by molar-refractivity contribution is 0.0651. The van der Waals surface area contributed by atoms with Crippen molar-refractivity contribution in [2.45, 2.75) is 45.1 Å². The van der Waals surface area contributed by atoms with Gasteiger partial charge in [-0.25, -0.2) is 0 Å². The Hall–Kier alpha value is -1.34. The summed E-state index contributed by atoms with van der Waals surface area (Å²) in [4.78, 5) is 2.44. The molecule has 4 rings (SSSR count). The molecule has 1 aromatic heterocycles. The largest absolute Gasteiger partial charge is 0.493 e. The lowest BCUT2D eigenvalue weighted by Gasteiger charge is -2.39. The normalized spacial score (nSPS) is 18.7. The fourth-order valence-electron chi connectivity index (χ4n) is 4.15. The van der Waals surface area contributed by atoms with Crippen molar-refractivity contribution >= 4 is 43.9 Å². The molecule has 31 heavy (non-hydrogen) atoms. The molecule has 0 atom stereocenters. The first kappa shape index (κ1) is 22.8. The SMILES string of the molecule is CC1(COc2cc(=N)n(C(=N)Br)cc2C2CC2)CCN(Cc2cc(Cl)cc(Cl)c2)CC1. The number of ether oxygens (including phenoxy) is 1. The van der Waals surface area contributed by atoms with E-state index in [1.54, 1.807) is 16.7 Å². The Morgan fingerprint density at radius 1 is 1.16 bits per heavy atom. The number of pyridine rings is 1. The zero-order chi connectivity index (χ0) is 22.2. The van der Waals surface area contributed by atoms with Gasteiger partial charge in [0, 0.05) is 39.8 Å². The van der Waals surface area contributed by atoms with Crippen LogP contribution >= 0.6 is 39.1 Å². The minimum atomic E-state index is 0.0967. The molecule has 1 aliphatic heterocycles. The Bertz CT molecular complexity index is 1020.